The van der Waals surface area contributed by atoms with Gasteiger partial charge in [-0.05, 0) is 90.6 Å². The summed E-state index contributed by atoms with van der Waals surface area (Å²) >= 11 is 0. The first-order valence-electron chi connectivity index (χ1n) is 14.6. The van der Waals surface area contributed by atoms with Gasteiger partial charge in [-0.3, -0.25) is 4.57 Å². The third-order valence-corrected chi connectivity index (χ3v) is 8.03. The maximum Gasteiger partial charge on any atom is 0.140 e. The Kier molecular flexibility index (Phi) is 6.73. The van der Waals surface area contributed by atoms with Gasteiger partial charge in [-0.15, -0.1) is 0 Å². The number of aryl methyl sites for hydroxylation is 2. The van der Waals surface area contributed by atoms with Crippen LogP contribution in [-0.2, 0) is 0 Å². The highest BCUT2D eigenvalue weighted by Gasteiger charge is 2.16. The van der Waals surface area contributed by atoms with Crippen LogP contribution in [0.4, 0.5) is 8.78 Å². The maximum atomic E-state index is 14.3. The van der Waals surface area contributed by atoms with Crippen LogP contribution in [0.25, 0.3) is 44.4 Å². The Bertz CT molecular complexity index is 2170. The molecule has 0 unspecified atom stereocenters. The molecule has 0 atom stereocenters. The molecule has 0 amide bonds. The Morgan fingerprint density at radius 3 is 2.30 bits per heavy atom. The Balaban J connectivity index is 1.30. The zero-order valence-corrected chi connectivity index (χ0v) is 24.8. The van der Waals surface area contributed by atoms with Crippen LogP contribution in [0.5, 0.6) is 11.5 Å². The molecule has 0 saturated heterocycles. The predicted octanol–water partition coefficient (Wildman–Crippen LogP) is 9.84. The van der Waals surface area contributed by atoms with Crippen molar-refractivity contribution in [2.75, 3.05) is 0 Å². The van der Waals surface area contributed by atoms with E-state index in [0.29, 0.717) is 17.3 Å². The van der Waals surface area contributed by atoms with Crippen molar-refractivity contribution >= 4 is 21.8 Å². The number of rotatable bonds is 6. The highest BCUT2D eigenvalue weighted by Crippen LogP contribution is 2.36. The zero-order chi connectivity index (χ0) is 30.5. The molecule has 44 heavy (non-hydrogen) atoms. The van der Waals surface area contributed by atoms with E-state index in [9.17, 15) is 8.78 Å². The van der Waals surface area contributed by atoms with Crippen LogP contribution in [-0.4, -0.2) is 19.3 Å². The van der Waals surface area contributed by atoms with E-state index in [4.69, 9.17) is 4.74 Å². The molecule has 0 spiro atoms. The number of pyridine rings is 1. The summed E-state index contributed by atoms with van der Waals surface area (Å²) in [7, 11) is 0. The molecule has 5 nitrogen and oxygen atoms in total. The number of nitrogens with zero attached hydrogens (tertiary/aromatic N) is 4. The van der Waals surface area contributed by atoms with Crippen LogP contribution in [0.15, 0.2) is 104 Å². The molecule has 0 aliphatic heterocycles. The molecule has 3 aromatic heterocycles. The third-order valence-electron chi connectivity index (χ3n) is 8.03. The van der Waals surface area contributed by atoms with Crippen molar-refractivity contribution in [2.24, 2.45) is 0 Å². The average Bonchev–Trinajstić information content (AvgIpc) is 3.59. The van der Waals surface area contributed by atoms with Gasteiger partial charge in [0.25, 0.3) is 0 Å². The predicted molar refractivity (Wildman–Crippen MR) is 171 cm³/mol. The largest absolute Gasteiger partial charge is 0.457 e. The molecule has 3 heterocycles. The van der Waals surface area contributed by atoms with Gasteiger partial charge < -0.3 is 4.74 Å². The molecule has 0 radical (unpaired) electrons. The molecule has 218 valence electrons. The van der Waals surface area contributed by atoms with E-state index in [1.54, 1.807) is 12.1 Å². The van der Waals surface area contributed by atoms with Crippen molar-refractivity contribution in [2.45, 2.75) is 33.6 Å². The Morgan fingerprint density at radius 1 is 0.750 bits per heavy atom. The van der Waals surface area contributed by atoms with Crippen molar-refractivity contribution in [1.82, 2.24) is 19.3 Å². The van der Waals surface area contributed by atoms with E-state index in [1.165, 1.54) is 18.3 Å². The van der Waals surface area contributed by atoms with E-state index < -0.39 is 0 Å². The first-order valence-corrected chi connectivity index (χ1v) is 14.6. The second-order valence-electron chi connectivity index (χ2n) is 11.5. The number of fused-ring (bicyclic) bond motifs is 3. The molecule has 0 fully saturated rings. The molecule has 0 saturated carbocycles. The van der Waals surface area contributed by atoms with Crippen molar-refractivity contribution in [3.63, 3.8) is 0 Å². The van der Waals surface area contributed by atoms with Crippen LogP contribution >= 0.6 is 0 Å². The van der Waals surface area contributed by atoms with Crippen molar-refractivity contribution in [3.05, 3.63) is 132 Å². The van der Waals surface area contributed by atoms with Gasteiger partial charge in [-0.2, -0.15) is 5.10 Å². The highest BCUT2D eigenvalue weighted by atomic mass is 19.1. The lowest BCUT2D eigenvalue weighted by Gasteiger charge is -2.14. The summed E-state index contributed by atoms with van der Waals surface area (Å²) in [5.74, 6) is 1.47. The van der Waals surface area contributed by atoms with E-state index >= 15 is 0 Å². The number of ether oxygens (including phenoxy) is 1. The lowest BCUT2D eigenvalue weighted by Crippen LogP contribution is -1.99. The minimum absolute atomic E-state index is 0.242. The van der Waals surface area contributed by atoms with Gasteiger partial charge in [-0.25, -0.2) is 18.4 Å². The van der Waals surface area contributed by atoms with Gasteiger partial charge in [-0.1, -0.05) is 32.0 Å². The second-order valence-corrected chi connectivity index (χ2v) is 11.5. The minimum Gasteiger partial charge on any atom is -0.457 e. The molecule has 7 rings (SSSR count). The molecule has 7 heteroatoms. The number of para-hydroxylation sites is 1. The Hall–Kier alpha value is -5.30. The summed E-state index contributed by atoms with van der Waals surface area (Å²) < 4.78 is 38.5. The van der Waals surface area contributed by atoms with E-state index in [1.807, 2.05) is 84.0 Å². The monoisotopic (exact) mass is 584 g/mol. The molecular weight excluding hydrogens is 554 g/mol. The van der Waals surface area contributed by atoms with Gasteiger partial charge in [0.1, 0.15) is 29.0 Å². The molecule has 0 aliphatic carbocycles. The lowest BCUT2D eigenvalue weighted by atomic mass is 9.98. The fraction of sp³-hybridized carbons (Fsp3) is 0.135. The Morgan fingerprint density at radius 2 is 1.52 bits per heavy atom. The highest BCUT2D eigenvalue weighted by molar-refractivity contribution is 6.09. The molecular formula is C37H30F2N4O. The van der Waals surface area contributed by atoms with Crippen LogP contribution in [0.1, 0.15) is 36.5 Å². The van der Waals surface area contributed by atoms with Gasteiger partial charge in [0.05, 0.1) is 22.9 Å². The van der Waals surface area contributed by atoms with Crippen molar-refractivity contribution < 1.29 is 13.5 Å². The van der Waals surface area contributed by atoms with Crippen LogP contribution < -0.4 is 4.74 Å². The molecule has 4 aromatic carbocycles. The van der Waals surface area contributed by atoms with Gasteiger partial charge >= 0.3 is 0 Å². The summed E-state index contributed by atoms with van der Waals surface area (Å²) in [6.45, 7) is 8.10. The number of hydrogen-bond donors (Lipinski definition) is 0. The van der Waals surface area contributed by atoms with E-state index in [2.05, 4.69) is 36.1 Å². The van der Waals surface area contributed by atoms with E-state index in [-0.39, 0.29) is 17.6 Å². The van der Waals surface area contributed by atoms with Crippen LogP contribution in [0.2, 0.25) is 0 Å². The number of hydrogen-bond acceptors (Lipinski definition) is 3. The minimum atomic E-state index is -0.349. The fourth-order valence-corrected chi connectivity index (χ4v) is 6.00. The quantitative estimate of drug-likeness (QED) is 0.195. The standard InChI is InChI=1S/C37H30F2N4O/c1-22(2)25-15-29(42-21-26(20-41-42)37-23(3)13-28(39)14-24(37)4)18-31(16-25)44-30-9-10-33-32-7-5-6-8-34(32)43(35(33)19-30)36-17-27(38)11-12-40-36/h5-22H,1-4H3. The topological polar surface area (TPSA) is 44.9 Å². The maximum absolute atomic E-state index is 14.3. The summed E-state index contributed by atoms with van der Waals surface area (Å²) in [6.07, 6.45) is 5.25. The average molecular weight is 585 g/mol. The van der Waals surface area contributed by atoms with Gasteiger partial charge in [0.15, 0.2) is 0 Å². The van der Waals surface area contributed by atoms with Crippen molar-refractivity contribution in [1.29, 1.82) is 0 Å². The normalized spacial score (nSPS) is 11.6. The van der Waals surface area contributed by atoms with Crippen molar-refractivity contribution in [3.8, 4) is 34.1 Å². The molecule has 0 N–H and O–H groups in total. The first kappa shape index (κ1) is 27.5. The molecule has 0 bridgehead atoms. The number of halogens is 2. The summed E-state index contributed by atoms with van der Waals surface area (Å²) in [5, 5.41) is 6.73. The van der Waals surface area contributed by atoms with Crippen LogP contribution in [0.3, 0.4) is 0 Å². The van der Waals surface area contributed by atoms with Gasteiger partial charge in [0, 0.05) is 46.9 Å². The summed E-state index contributed by atoms with van der Waals surface area (Å²) in [5.41, 5.74) is 7.38. The smallest absolute Gasteiger partial charge is 0.140 e. The number of aromatic nitrogens is 4. The summed E-state index contributed by atoms with van der Waals surface area (Å²) in [6, 6.07) is 26.0. The second kappa shape index (κ2) is 10.8. The molecule has 0 aliphatic rings. The van der Waals surface area contributed by atoms with Crippen LogP contribution in [0, 0.1) is 25.5 Å². The zero-order valence-electron chi connectivity index (χ0n) is 24.8. The number of benzene rings is 4. The lowest BCUT2D eigenvalue weighted by molar-refractivity contribution is 0.481. The van der Waals surface area contributed by atoms with Gasteiger partial charge in [0.2, 0.25) is 0 Å². The van der Waals surface area contributed by atoms with E-state index in [0.717, 1.165) is 55.3 Å². The first-order chi connectivity index (χ1) is 21.2. The third kappa shape index (κ3) is 4.90. The summed E-state index contributed by atoms with van der Waals surface area (Å²) in [4.78, 5) is 4.46. The Labute approximate surface area is 254 Å². The SMILES string of the molecule is Cc1cc(F)cc(C)c1-c1cnn(-c2cc(Oc3ccc4c5ccccc5n(-c5cc(F)ccn5)c4c3)cc(C(C)C)c2)c1. The molecule has 7 aromatic rings. The fourth-order valence-electron chi connectivity index (χ4n) is 6.00.